The van der Waals surface area contributed by atoms with Crippen LogP contribution in [-0.4, -0.2) is 31.6 Å². The van der Waals surface area contributed by atoms with Gasteiger partial charge in [0.05, 0.1) is 24.2 Å². The smallest absolute Gasteiger partial charge is 0.343 e. The van der Waals surface area contributed by atoms with Gasteiger partial charge in [-0.1, -0.05) is 53.5 Å². The molecule has 0 fully saturated rings. The number of rotatable bonds is 9. The van der Waals surface area contributed by atoms with Gasteiger partial charge in [-0.3, -0.25) is 4.79 Å². The minimum absolute atomic E-state index is 0.0468. The number of halogens is 2. The maximum Gasteiger partial charge on any atom is 0.343 e. The third-order valence-electron chi connectivity index (χ3n) is 6.82. The number of ether oxygens (including phenoxy) is 1. The molecule has 4 aromatic rings. The molecule has 0 atom stereocenters. The Labute approximate surface area is 259 Å². The zero-order valence-electron chi connectivity index (χ0n) is 23.2. The summed E-state index contributed by atoms with van der Waals surface area (Å²) in [5.41, 5.74) is 1.94. The van der Waals surface area contributed by atoms with Crippen LogP contribution >= 0.6 is 23.2 Å². The Balaban J connectivity index is 1.49. The number of carbonyl (C=O) groups is 2. The molecule has 0 N–H and O–H groups in total. The fraction of sp³-hybridized carbons (Fsp3) is 0.125. The van der Waals surface area contributed by atoms with E-state index in [0.29, 0.717) is 33.0 Å². The van der Waals surface area contributed by atoms with E-state index in [4.69, 9.17) is 32.4 Å². The van der Waals surface area contributed by atoms with Crippen LogP contribution in [0.3, 0.4) is 0 Å². The molecular formula is C32H26Cl2N2O6S. The van der Waals surface area contributed by atoms with E-state index in [2.05, 4.69) is 0 Å². The van der Waals surface area contributed by atoms with Crippen LogP contribution < -0.4 is 4.90 Å². The van der Waals surface area contributed by atoms with Crippen molar-refractivity contribution >= 4 is 56.7 Å². The molecule has 8 nitrogen and oxygen atoms in total. The van der Waals surface area contributed by atoms with Gasteiger partial charge in [0.1, 0.15) is 17.1 Å². The van der Waals surface area contributed by atoms with Crippen molar-refractivity contribution < 1.29 is 27.2 Å². The van der Waals surface area contributed by atoms with Crippen molar-refractivity contribution in [1.82, 2.24) is 4.31 Å². The van der Waals surface area contributed by atoms with Gasteiger partial charge < -0.3 is 14.1 Å². The fourth-order valence-corrected chi connectivity index (χ4v) is 6.36. The Bertz CT molecular complexity index is 1830. The first-order chi connectivity index (χ1) is 20.6. The van der Waals surface area contributed by atoms with E-state index in [-0.39, 0.29) is 29.3 Å². The lowest BCUT2D eigenvalue weighted by atomic mass is 10.1. The van der Waals surface area contributed by atoms with Crippen molar-refractivity contribution in [2.75, 3.05) is 12.0 Å². The van der Waals surface area contributed by atoms with Gasteiger partial charge in [-0.25, -0.2) is 13.2 Å². The van der Waals surface area contributed by atoms with E-state index in [1.54, 1.807) is 48.2 Å². The van der Waals surface area contributed by atoms with Crippen LogP contribution in [0.15, 0.2) is 117 Å². The summed E-state index contributed by atoms with van der Waals surface area (Å²) < 4.78 is 39.6. The number of para-hydroxylation sites is 1. The highest BCUT2D eigenvalue weighted by Gasteiger charge is 2.38. The maximum atomic E-state index is 13.7. The maximum absolute atomic E-state index is 13.7. The predicted octanol–water partition coefficient (Wildman–Crippen LogP) is 6.85. The molecular weight excluding hydrogens is 611 g/mol. The van der Waals surface area contributed by atoms with Gasteiger partial charge in [0.25, 0.3) is 0 Å². The SMILES string of the molecule is COC(=O)C1=C(C)N(c2ccccc2)/C(=C/c2ccc(CN(Cc3ccc(Cl)cc3)S(=O)(=O)c3ccc(Cl)cc3)o2)C1=O. The highest BCUT2D eigenvalue weighted by atomic mass is 35.5. The molecule has 0 aliphatic carbocycles. The van der Waals surface area contributed by atoms with E-state index in [1.165, 1.54) is 41.8 Å². The number of furan rings is 1. The number of hydrogen-bond acceptors (Lipinski definition) is 7. The lowest BCUT2D eigenvalue weighted by Gasteiger charge is -2.22. The molecule has 0 amide bonds. The van der Waals surface area contributed by atoms with Crippen molar-refractivity contribution in [3.8, 4) is 0 Å². The average Bonchev–Trinajstić information content (AvgIpc) is 3.54. The number of esters is 1. The third-order valence-corrected chi connectivity index (χ3v) is 9.13. The number of sulfonamides is 1. The molecule has 0 spiro atoms. The van der Waals surface area contributed by atoms with Gasteiger partial charge in [0, 0.05) is 34.1 Å². The van der Waals surface area contributed by atoms with Crippen LogP contribution in [0.2, 0.25) is 10.0 Å². The van der Waals surface area contributed by atoms with Crippen molar-refractivity contribution in [2.45, 2.75) is 24.9 Å². The third kappa shape index (κ3) is 6.45. The number of nitrogens with zero attached hydrogens (tertiary/aromatic N) is 2. The standard InChI is InChI=1S/C32H26Cl2N2O6S/c1-21-30(32(38)41-2)31(37)29(36(21)25-6-4-3-5-7-25)18-26-14-15-27(42-26)20-35(19-22-8-10-23(33)11-9-22)43(39,40)28-16-12-24(34)13-17-28/h3-18H,19-20H2,1-2H3/b29-18+. The number of hydrogen-bond donors (Lipinski definition) is 0. The number of benzene rings is 3. The van der Waals surface area contributed by atoms with Crippen LogP contribution in [-0.2, 0) is 37.4 Å². The summed E-state index contributed by atoms with van der Waals surface area (Å²) in [5, 5.41) is 0.948. The van der Waals surface area contributed by atoms with Gasteiger partial charge in [-0.15, -0.1) is 0 Å². The normalized spacial score (nSPS) is 14.7. The van der Waals surface area contributed by atoms with Crippen molar-refractivity contribution in [2.24, 2.45) is 0 Å². The Morgan fingerprint density at radius 3 is 2.16 bits per heavy atom. The lowest BCUT2D eigenvalue weighted by Crippen LogP contribution is -2.30. The monoisotopic (exact) mass is 636 g/mol. The number of carbonyl (C=O) groups excluding carboxylic acids is 2. The summed E-state index contributed by atoms with van der Waals surface area (Å²) >= 11 is 12.0. The first kappa shape index (κ1) is 30.3. The van der Waals surface area contributed by atoms with E-state index < -0.39 is 21.8 Å². The summed E-state index contributed by atoms with van der Waals surface area (Å²) in [4.78, 5) is 27.6. The number of methoxy groups -OCH3 is 1. The van der Waals surface area contributed by atoms with Gasteiger partial charge >= 0.3 is 5.97 Å². The van der Waals surface area contributed by atoms with Gasteiger partial charge in [-0.05, 0) is 73.2 Å². The quantitative estimate of drug-likeness (QED) is 0.112. The van der Waals surface area contributed by atoms with Crippen LogP contribution in [0, 0.1) is 0 Å². The molecule has 0 radical (unpaired) electrons. The van der Waals surface area contributed by atoms with Gasteiger partial charge in [0.2, 0.25) is 15.8 Å². The number of anilines is 1. The molecule has 1 aromatic heterocycles. The molecule has 1 aliphatic rings. The minimum atomic E-state index is -3.97. The topological polar surface area (TPSA) is 97.1 Å². The molecule has 1 aliphatic heterocycles. The zero-order valence-corrected chi connectivity index (χ0v) is 25.5. The molecule has 220 valence electrons. The molecule has 0 saturated heterocycles. The van der Waals surface area contributed by atoms with Gasteiger partial charge in [0.15, 0.2) is 0 Å². The number of Topliss-reactive ketones (excluding diaryl/α,β-unsaturated/α-hetero) is 1. The molecule has 3 aromatic carbocycles. The van der Waals surface area contributed by atoms with Crippen molar-refractivity contribution in [1.29, 1.82) is 0 Å². The lowest BCUT2D eigenvalue weighted by molar-refractivity contribution is -0.137. The van der Waals surface area contributed by atoms with E-state index in [0.717, 1.165) is 5.56 Å². The van der Waals surface area contributed by atoms with Crippen LogP contribution in [0.4, 0.5) is 5.69 Å². The zero-order chi connectivity index (χ0) is 30.7. The summed E-state index contributed by atoms with van der Waals surface area (Å²) in [6.45, 7) is 1.62. The predicted molar refractivity (Wildman–Crippen MR) is 165 cm³/mol. The molecule has 43 heavy (non-hydrogen) atoms. The van der Waals surface area contributed by atoms with Crippen LogP contribution in [0.5, 0.6) is 0 Å². The fourth-order valence-electron chi connectivity index (χ4n) is 4.71. The highest BCUT2D eigenvalue weighted by Crippen LogP contribution is 2.36. The molecule has 0 unspecified atom stereocenters. The Morgan fingerprint density at radius 1 is 0.907 bits per heavy atom. The molecule has 2 heterocycles. The second-order valence-corrected chi connectivity index (χ2v) is 12.5. The second kappa shape index (κ2) is 12.6. The summed E-state index contributed by atoms with van der Waals surface area (Å²) in [5.74, 6) is -0.612. The van der Waals surface area contributed by atoms with Crippen LogP contribution in [0.1, 0.15) is 24.0 Å². The Hall–Kier alpha value is -4.15. The highest BCUT2D eigenvalue weighted by molar-refractivity contribution is 7.89. The molecule has 0 bridgehead atoms. The summed E-state index contributed by atoms with van der Waals surface area (Å²) in [6, 6.07) is 25.2. The summed E-state index contributed by atoms with van der Waals surface area (Å²) in [6.07, 6.45) is 1.52. The average molecular weight is 638 g/mol. The first-order valence-electron chi connectivity index (χ1n) is 13.1. The van der Waals surface area contributed by atoms with Crippen molar-refractivity contribution in [3.63, 3.8) is 0 Å². The Morgan fingerprint density at radius 2 is 1.53 bits per heavy atom. The first-order valence-corrected chi connectivity index (χ1v) is 15.3. The largest absolute Gasteiger partial charge is 0.465 e. The minimum Gasteiger partial charge on any atom is -0.465 e. The molecule has 11 heteroatoms. The van der Waals surface area contributed by atoms with E-state index in [1.807, 2.05) is 30.3 Å². The van der Waals surface area contributed by atoms with Crippen molar-refractivity contribution in [3.05, 3.63) is 135 Å². The molecule has 5 rings (SSSR count). The Kier molecular flexibility index (Phi) is 8.89. The van der Waals surface area contributed by atoms with E-state index >= 15 is 0 Å². The van der Waals surface area contributed by atoms with E-state index in [9.17, 15) is 18.0 Å². The summed E-state index contributed by atoms with van der Waals surface area (Å²) in [7, 11) is -2.75. The number of allylic oxidation sites excluding steroid dienone is 2. The van der Waals surface area contributed by atoms with Gasteiger partial charge in [-0.2, -0.15) is 4.31 Å². The molecule has 0 saturated carbocycles. The second-order valence-electron chi connectivity index (χ2n) is 9.64. The number of ketones is 1. The van der Waals surface area contributed by atoms with Crippen LogP contribution in [0.25, 0.3) is 6.08 Å².